The van der Waals surface area contributed by atoms with Crippen LogP contribution in [0.2, 0.25) is 0 Å². The van der Waals surface area contributed by atoms with E-state index in [0.717, 1.165) is 35.1 Å². The molecular weight excluding hydrogens is 293 g/mol. The van der Waals surface area contributed by atoms with Gasteiger partial charge in [-0.1, -0.05) is 18.2 Å². The number of aryl methyl sites for hydroxylation is 2. The number of hydrogen-bond acceptors (Lipinski definition) is 2. The molecule has 3 rings (SSSR count). The van der Waals surface area contributed by atoms with Crippen LogP contribution in [-0.2, 0) is 19.3 Å². The fourth-order valence-corrected chi connectivity index (χ4v) is 3.22. The minimum Gasteiger partial charge on any atom is -0.490 e. The van der Waals surface area contributed by atoms with Crippen LogP contribution in [0.5, 0.6) is 5.75 Å². The highest BCUT2D eigenvalue weighted by Gasteiger charge is 2.20. The van der Waals surface area contributed by atoms with E-state index >= 15 is 0 Å². The minimum absolute atomic E-state index is 0.288. The van der Waals surface area contributed by atoms with Gasteiger partial charge in [-0.05, 0) is 61.4 Å². The van der Waals surface area contributed by atoms with Crippen LogP contribution in [0.15, 0.2) is 30.3 Å². The Labute approximate surface area is 135 Å². The van der Waals surface area contributed by atoms with E-state index in [2.05, 4.69) is 0 Å². The van der Waals surface area contributed by atoms with E-state index in [0.29, 0.717) is 30.8 Å². The Kier molecular flexibility index (Phi) is 4.33. The zero-order valence-electron chi connectivity index (χ0n) is 13.2. The molecule has 0 spiro atoms. The van der Waals surface area contributed by atoms with Gasteiger partial charge < -0.3 is 10.5 Å². The number of ether oxygens (including phenoxy) is 1. The molecule has 0 bridgehead atoms. The van der Waals surface area contributed by atoms with Crippen molar-refractivity contribution in [2.45, 2.75) is 32.6 Å². The van der Waals surface area contributed by atoms with Gasteiger partial charge >= 0.3 is 0 Å². The Hall–Kier alpha value is -2.36. The van der Waals surface area contributed by atoms with Crippen molar-refractivity contribution in [1.29, 1.82) is 0 Å². The van der Waals surface area contributed by atoms with Crippen LogP contribution in [0.1, 0.15) is 39.0 Å². The van der Waals surface area contributed by atoms with Gasteiger partial charge in [-0.2, -0.15) is 0 Å². The monoisotopic (exact) mass is 313 g/mol. The summed E-state index contributed by atoms with van der Waals surface area (Å²) in [4.78, 5) is 11.5. The summed E-state index contributed by atoms with van der Waals surface area (Å²) in [5, 5.41) is 0. The molecule has 2 N–H and O–H groups in total. The lowest BCUT2D eigenvalue weighted by Crippen LogP contribution is -2.15. The first kappa shape index (κ1) is 15.5. The molecule has 120 valence electrons. The lowest BCUT2D eigenvalue weighted by Gasteiger charge is -2.22. The molecule has 1 heterocycles. The lowest BCUT2D eigenvalue weighted by atomic mass is 9.92. The van der Waals surface area contributed by atoms with Crippen LogP contribution in [0.25, 0.3) is 0 Å². The first-order valence-electron chi connectivity index (χ1n) is 7.89. The maximum absolute atomic E-state index is 14.2. The predicted molar refractivity (Wildman–Crippen MR) is 87.3 cm³/mol. The number of hydrogen-bond donors (Lipinski definition) is 1. The molecule has 0 saturated heterocycles. The fourth-order valence-electron chi connectivity index (χ4n) is 3.22. The van der Waals surface area contributed by atoms with E-state index in [1.54, 1.807) is 18.2 Å². The van der Waals surface area contributed by atoms with Crippen molar-refractivity contribution in [2.24, 2.45) is 5.73 Å². The second kappa shape index (κ2) is 6.41. The molecule has 0 saturated carbocycles. The highest BCUT2D eigenvalue weighted by atomic mass is 19.1. The quantitative estimate of drug-likeness (QED) is 0.941. The zero-order valence-corrected chi connectivity index (χ0v) is 13.2. The van der Waals surface area contributed by atoms with Crippen LogP contribution in [-0.4, -0.2) is 12.5 Å². The molecule has 0 atom stereocenters. The maximum atomic E-state index is 14.2. The molecule has 2 aromatic rings. The number of halogens is 1. The summed E-state index contributed by atoms with van der Waals surface area (Å²) in [5.41, 5.74) is 9.88. The Balaban J connectivity index is 1.87. The van der Waals surface area contributed by atoms with Gasteiger partial charge in [-0.3, -0.25) is 4.79 Å². The molecule has 0 aliphatic carbocycles. The number of nitrogens with two attached hydrogens (primary N) is 1. The van der Waals surface area contributed by atoms with Crippen LogP contribution >= 0.6 is 0 Å². The van der Waals surface area contributed by atoms with Crippen LogP contribution in [0.4, 0.5) is 4.39 Å². The molecule has 23 heavy (non-hydrogen) atoms. The minimum atomic E-state index is -0.428. The first-order valence-corrected chi connectivity index (χ1v) is 7.89. The normalized spacial score (nSPS) is 13.3. The molecule has 2 aromatic carbocycles. The molecule has 0 fully saturated rings. The van der Waals surface area contributed by atoms with Crippen LogP contribution < -0.4 is 10.5 Å². The second-order valence-corrected chi connectivity index (χ2v) is 5.92. The molecule has 4 heteroatoms. The predicted octanol–water partition coefficient (Wildman–Crippen LogP) is 3.34. The van der Waals surface area contributed by atoms with E-state index in [-0.39, 0.29) is 5.82 Å². The number of fused-ring (bicyclic) bond motifs is 1. The molecule has 3 nitrogen and oxygen atoms in total. The van der Waals surface area contributed by atoms with E-state index in [1.165, 1.54) is 0 Å². The number of amides is 1. The number of benzene rings is 2. The molecule has 1 amide bonds. The van der Waals surface area contributed by atoms with Crippen LogP contribution in [0.3, 0.4) is 0 Å². The van der Waals surface area contributed by atoms with Crippen molar-refractivity contribution >= 4 is 5.91 Å². The summed E-state index contributed by atoms with van der Waals surface area (Å²) in [6.07, 6.45) is 3.09. The van der Waals surface area contributed by atoms with Crippen molar-refractivity contribution in [3.05, 3.63) is 64.0 Å². The van der Waals surface area contributed by atoms with Gasteiger partial charge in [0, 0.05) is 11.1 Å². The third-order valence-corrected chi connectivity index (χ3v) is 4.49. The summed E-state index contributed by atoms with van der Waals surface area (Å²) in [7, 11) is 0. The smallest absolute Gasteiger partial charge is 0.248 e. The average Bonchev–Trinajstić information content (AvgIpc) is 2.57. The van der Waals surface area contributed by atoms with Crippen molar-refractivity contribution in [3.8, 4) is 5.75 Å². The van der Waals surface area contributed by atoms with Gasteiger partial charge in [0.15, 0.2) is 11.6 Å². The highest BCUT2D eigenvalue weighted by Crippen LogP contribution is 2.33. The Morgan fingerprint density at radius 1 is 1.26 bits per heavy atom. The Morgan fingerprint density at radius 3 is 2.78 bits per heavy atom. The summed E-state index contributed by atoms with van der Waals surface area (Å²) in [6.45, 7) is 2.59. The summed E-state index contributed by atoms with van der Waals surface area (Å²) in [6, 6.07) is 8.87. The number of carbonyl (C=O) groups is 1. The summed E-state index contributed by atoms with van der Waals surface area (Å²) < 4.78 is 19.7. The number of rotatable bonds is 4. The maximum Gasteiger partial charge on any atom is 0.248 e. The Bertz CT molecular complexity index is 755. The second-order valence-electron chi connectivity index (χ2n) is 5.92. The van der Waals surface area contributed by atoms with Gasteiger partial charge in [-0.25, -0.2) is 4.39 Å². The average molecular weight is 313 g/mol. The largest absolute Gasteiger partial charge is 0.490 e. The third kappa shape index (κ3) is 3.07. The lowest BCUT2D eigenvalue weighted by molar-refractivity contribution is 0.0999. The van der Waals surface area contributed by atoms with Crippen molar-refractivity contribution in [2.75, 3.05) is 6.61 Å². The molecule has 1 aliphatic rings. The van der Waals surface area contributed by atoms with E-state index in [1.807, 2.05) is 19.1 Å². The summed E-state index contributed by atoms with van der Waals surface area (Å²) >= 11 is 0. The van der Waals surface area contributed by atoms with E-state index < -0.39 is 5.91 Å². The van der Waals surface area contributed by atoms with Crippen LogP contribution in [0, 0.1) is 12.7 Å². The zero-order chi connectivity index (χ0) is 16.4. The summed E-state index contributed by atoms with van der Waals surface area (Å²) in [5.74, 6) is -0.305. The standard InChI is InChI=1S/C19H20FNO2/c1-12-14(11-17(20)18-15(12)7-4-10-23-18)9-8-13-5-2-3-6-16(13)19(21)22/h2-3,5-6,11H,4,7-10H2,1H3,(H2,21,22). The third-order valence-electron chi connectivity index (χ3n) is 4.49. The van der Waals surface area contributed by atoms with E-state index in [4.69, 9.17) is 10.5 Å². The van der Waals surface area contributed by atoms with Gasteiger partial charge in [0.2, 0.25) is 5.91 Å². The van der Waals surface area contributed by atoms with Gasteiger partial charge in [0.1, 0.15) is 0 Å². The fraction of sp³-hybridized carbons (Fsp3) is 0.316. The molecule has 0 aromatic heterocycles. The topological polar surface area (TPSA) is 52.3 Å². The molecule has 1 aliphatic heterocycles. The number of carbonyl (C=O) groups excluding carboxylic acids is 1. The van der Waals surface area contributed by atoms with Crippen molar-refractivity contribution in [3.63, 3.8) is 0 Å². The molecular formula is C19H20FNO2. The molecule has 0 radical (unpaired) electrons. The molecule has 0 unspecified atom stereocenters. The van der Waals surface area contributed by atoms with Gasteiger partial charge in [0.05, 0.1) is 6.61 Å². The van der Waals surface area contributed by atoms with Gasteiger partial charge in [-0.15, -0.1) is 0 Å². The van der Waals surface area contributed by atoms with Gasteiger partial charge in [0.25, 0.3) is 0 Å². The SMILES string of the molecule is Cc1c(CCc2ccccc2C(N)=O)cc(F)c2c1CCCO2. The van der Waals surface area contributed by atoms with Crippen molar-refractivity contribution < 1.29 is 13.9 Å². The Morgan fingerprint density at radius 2 is 2.00 bits per heavy atom. The highest BCUT2D eigenvalue weighted by molar-refractivity contribution is 5.94. The first-order chi connectivity index (χ1) is 11.1. The number of primary amides is 1. The van der Waals surface area contributed by atoms with Crippen molar-refractivity contribution in [1.82, 2.24) is 0 Å². The van der Waals surface area contributed by atoms with E-state index in [9.17, 15) is 9.18 Å².